The molecule has 0 N–H and O–H groups in total. The minimum absolute atomic E-state index is 0.103. The number of benzene rings is 4. The van der Waals surface area contributed by atoms with E-state index >= 15 is 0 Å². The number of aryl methyl sites for hydroxylation is 1. The summed E-state index contributed by atoms with van der Waals surface area (Å²) in [5.74, 6) is -6.66. The zero-order chi connectivity index (χ0) is 32.5. The highest BCUT2D eigenvalue weighted by Gasteiger charge is 2.49. The summed E-state index contributed by atoms with van der Waals surface area (Å²) in [5.41, 5.74) is -1.57. The average molecular weight is 641 g/mol. The Balaban J connectivity index is 1.22. The molecule has 0 aromatic heterocycles. The molecule has 1 aliphatic carbocycles. The lowest BCUT2D eigenvalue weighted by Crippen LogP contribution is -2.29. The number of hydrogen-bond donors (Lipinski definition) is 0. The Bertz CT molecular complexity index is 1630. The number of alkyl halides is 5. The van der Waals surface area contributed by atoms with Gasteiger partial charge < -0.3 is 4.74 Å². The van der Waals surface area contributed by atoms with E-state index < -0.39 is 52.4 Å². The van der Waals surface area contributed by atoms with E-state index in [9.17, 15) is 39.5 Å². The van der Waals surface area contributed by atoms with Gasteiger partial charge in [0.25, 0.3) is 0 Å². The molecule has 2 nitrogen and oxygen atoms in total. The third-order valence-electron chi connectivity index (χ3n) is 8.15. The Morgan fingerprint density at radius 2 is 1.31 bits per heavy atom. The lowest BCUT2D eigenvalue weighted by molar-refractivity contribution is -0.432. The summed E-state index contributed by atoms with van der Waals surface area (Å²) in [7, 11) is 0. The molecule has 0 aliphatic heterocycles. The van der Waals surface area contributed by atoms with Crippen LogP contribution in [-0.2, 0) is 17.3 Å². The molecule has 0 heterocycles. The lowest BCUT2D eigenvalue weighted by Gasteiger charge is -2.29. The SMILES string of the molecule is CCCc1ccc2cc(C3CCC(COc4cc(F)c(-c5cc(F)c(C(F)(F)OC(F)(F)F)c(F)c5)c(F)c4)CC3)ccc2c1. The fraction of sp³-hybridized carbons (Fsp3) is 0.353. The summed E-state index contributed by atoms with van der Waals surface area (Å²) >= 11 is 0. The Labute approximate surface area is 253 Å². The van der Waals surface area contributed by atoms with E-state index in [2.05, 4.69) is 48.1 Å². The van der Waals surface area contributed by atoms with Crippen LogP contribution in [0.4, 0.5) is 39.5 Å². The quantitative estimate of drug-likeness (QED) is 0.170. The van der Waals surface area contributed by atoms with Crippen molar-refractivity contribution in [3.63, 3.8) is 0 Å². The largest absolute Gasteiger partial charge is 0.527 e. The fourth-order valence-electron chi connectivity index (χ4n) is 5.99. The molecule has 0 radical (unpaired) electrons. The third-order valence-corrected chi connectivity index (χ3v) is 8.15. The normalized spacial score (nSPS) is 17.6. The van der Waals surface area contributed by atoms with Crippen LogP contribution in [0.15, 0.2) is 60.7 Å². The van der Waals surface area contributed by atoms with Crippen LogP contribution in [0.2, 0.25) is 0 Å². The van der Waals surface area contributed by atoms with E-state index in [0.717, 1.165) is 50.7 Å². The molecule has 4 aromatic carbocycles. The second-order valence-electron chi connectivity index (χ2n) is 11.4. The highest BCUT2D eigenvalue weighted by molar-refractivity contribution is 5.84. The van der Waals surface area contributed by atoms with Crippen LogP contribution in [0.3, 0.4) is 0 Å². The van der Waals surface area contributed by atoms with Crippen LogP contribution in [-0.4, -0.2) is 13.0 Å². The van der Waals surface area contributed by atoms with E-state index in [4.69, 9.17) is 4.74 Å². The first-order valence-corrected chi connectivity index (χ1v) is 14.5. The Hall–Kier alpha value is -3.73. The van der Waals surface area contributed by atoms with E-state index in [0.29, 0.717) is 5.92 Å². The van der Waals surface area contributed by atoms with E-state index in [1.165, 1.54) is 21.9 Å². The van der Waals surface area contributed by atoms with Crippen LogP contribution in [0, 0.1) is 29.2 Å². The number of ether oxygens (including phenoxy) is 2. The summed E-state index contributed by atoms with van der Waals surface area (Å²) < 4.78 is 131. The minimum atomic E-state index is -5.91. The van der Waals surface area contributed by atoms with Crippen LogP contribution in [0.5, 0.6) is 5.75 Å². The van der Waals surface area contributed by atoms with Crippen molar-refractivity contribution in [1.82, 2.24) is 0 Å². The van der Waals surface area contributed by atoms with Gasteiger partial charge in [-0.1, -0.05) is 49.7 Å². The molecular weight excluding hydrogens is 611 g/mol. The smallest absolute Gasteiger partial charge is 0.493 e. The first kappa shape index (κ1) is 32.7. The summed E-state index contributed by atoms with van der Waals surface area (Å²) in [5, 5.41) is 2.40. The molecule has 0 unspecified atom stereocenters. The van der Waals surface area contributed by atoms with Gasteiger partial charge in [0.1, 0.15) is 34.6 Å². The molecule has 1 aliphatic rings. The van der Waals surface area contributed by atoms with Gasteiger partial charge in [-0.25, -0.2) is 22.3 Å². The molecule has 4 aromatic rings. The van der Waals surface area contributed by atoms with Gasteiger partial charge in [-0.05, 0) is 83.5 Å². The Morgan fingerprint density at radius 1 is 0.711 bits per heavy atom. The predicted molar refractivity (Wildman–Crippen MR) is 151 cm³/mol. The first-order chi connectivity index (χ1) is 21.2. The van der Waals surface area contributed by atoms with Gasteiger partial charge in [-0.15, -0.1) is 13.2 Å². The summed E-state index contributed by atoms with van der Waals surface area (Å²) in [6.07, 6.45) is -5.73. The topological polar surface area (TPSA) is 18.5 Å². The molecule has 0 bridgehead atoms. The maximum absolute atomic E-state index is 14.9. The molecule has 1 fully saturated rings. The standard InChI is InChI=1S/C34H29F9O2/c1-2-3-19-4-9-24-13-23(11-10-22(24)12-19)21-7-5-20(6-8-21)18-44-26-16-27(35)31(28(36)17-26)25-14-29(37)32(30(38)15-25)33(39,40)45-34(41,42)43/h4,9-17,20-21H,2-3,5-8,18H2,1H3. The average Bonchev–Trinajstić information content (AvgIpc) is 2.94. The monoisotopic (exact) mass is 640 g/mol. The molecule has 0 spiro atoms. The van der Waals surface area contributed by atoms with Crippen molar-refractivity contribution < 1.29 is 49.0 Å². The van der Waals surface area contributed by atoms with Gasteiger partial charge in [0, 0.05) is 12.1 Å². The van der Waals surface area contributed by atoms with Gasteiger partial charge >= 0.3 is 12.5 Å². The molecule has 45 heavy (non-hydrogen) atoms. The van der Waals surface area contributed by atoms with Gasteiger partial charge in [0.05, 0.1) is 12.2 Å². The van der Waals surface area contributed by atoms with Crippen molar-refractivity contribution in [2.24, 2.45) is 5.92 Å². The van der Waals surface area contributed by atoms with Crippen molar-refractivity contribution in [2.45, 2.75) is 63.8 Å². The summed E-state index contributed by atoms with van der Waals surface area (Å²) in [6, 6.07) is 14.9. The van der Waals surface area contributed by atoms with E-state index in [-0.39, 0.29) is 30.4 Å². The van der Waals surface area contributed by atoms with Crippen LogP contribution in [0.1, 0.15) is 61.6 Å². The van der Waals surface area contributed by atoms with Crippen LogP contribution in [0.25, 0.3) is 21.9 Å². The molecule has 0 atom stereocenters. The Morgan fingerprint density at radius 3 is 1.91 bits per heavy atom. The molecule has 240 valence electrons. The zero-order valence-electron chi connectivity index (χ0n) is 24.1. The fourth-order valence-corrected chi connectivity index (χ4v) is 5.99. The van der Waals surface area contributed by atoms with E-state index in [1.54, 1.807) is 0 Å². The summed E-state index contributed by atoms with van der Waals surface area (Å²) in [4.78, 5) is 0. The van der Waals surface area contributed by atoms with Crippen LogP contribution < -0.4 is 4.74 Å². The Kier molecular flexibility index (Phi) is 9.39. The first-order valence-electron chi connectivity index (χ1n) is 14.5. The minimum Gasteiger partial charge on any atom is -0.493 e. The van der Waals surface area contributed by atoms with Crippen molar-refractivity contribution in [3.05, 3.63) is 101 Å². The van der Waals surface area contributed by atoms with Crippen molar-refractivity contribution >= 4 is 10.8 Å². The number of hydrogen-bond acceptors (Lipinski definition) is 2. The van der Waals surface area contributed by atoms with Gasteiger partial charge in [-0.3, -0.25) is 0 Å². The predicted octanol–water partition coefficient (Wildman–Crippen LogP) is 11.0. The van der Waals surface area contributed by atoms with Crippen molar-refractivity contribution in [2.75, 3.05) is 6.61 Å². The zero-order valence-corrected chi connectivity index (χ0v) is 24.1. The maximum Gasteiger partial charge on any atom is 0.527 e. The second-order valence-corrected chi connectivity index (χ2v) is 11.4. The molecular formula is C34H29F9O2. The highest BCUT2D eigenvalue weighted by Crippen LogP contribution is 2.41. The number of halogens is 9. The van der Waals surface area contributed by atoms with Gasteiger partial charge in [0.2, 0.25) is 0 Å². The molecule has 11 heteroatoms. The maximum atomic E-state index is 14.9. The second kappa shape index (κ2) is 12.9. The lowest BCUT2D eigenvalue weighted by atomic mass is 9.78. The number of rotatable bonds is 9. The summed E-state index contributed by atoms with van der Waals surface area (Å²) in [6.45, 7) is 2.33. The van der Waals surface area contributed by atoms with E-state index in [1.807, 2.05) is 0 Å². The van der Waals surface area contributed by atoms with Crippen molar-refractivity contribution in [1.29, 1.82) is 0 Å². The van der Waals surface area contributed by atoms with Crippen LogP contribution >= 0.6 is 0 Å². The van der Waals surface area contributed by atoms with Gasteiger partial charge in [0.15, 0.2) is 0 Å². The van der Waals surface area contributed by atoms with Gasteiger partial charge in [-0.2, -0.15) is 8.78 Å². The van der Waals surface area contributed by atoms with Crippen molar-refractivity contribution in [3.8, 4) is 16.9 Å². The molecule has 0 saturated heterocycles. The molecule has 0 amide bonds. The highest BCUT2D eigenvalue weighted by atomic mass is 19.4. The third kappa shape index (κ3) is 7.57. The molecule has 1 saturated carbocycles. The number of fused-ring (bicyclic) bond motifs is 1. The molecule has 5 rings (SSSR count).